The molecular weight excluding hydrogens is 154 g/mol. The normalized spacial score (nSPS) is 19.8. The number of carbonyl (C=O) groups is 1. The predicted molar refractivity (Wildman–Crippen MR) is 46.8 cm³/mol. The Balaban J connectivity index is 2.15. The Hall–Kier alpha value is -0.570. The molecule has 1 unspecified atom stereocenters. The van der Waals surface area contributed by atoms with Crippen LogP contribution in [-0.2, 0) is 9.53 Å². The fourth-order valence-corrected chi connectivity index (χ4v) is 1.36. The van der Waals surface area contributed by atoms with Crippen LogP contribution in [-0.4, -0.2) is 25.7 Å². The number of carbonyl (C=O) groups excluding carboxylic acids is 1. The van der Waals surface area contributed by atoms with E-state index in [-0.39, 0.29) is 5.97 Å². The van der Waals surface area contributed by atoms with Crippen LogP contribution in [0.5, 0.6) is 0 Å². The molecule has 0 saturated carbocycles. The maximum Gasteiger partial charge on any atom is 0.306 e. The summed E-state index contributed by atoms with van der Waals surface area (Å²) in [5, 5.41) is 3.20. The van der Waals surface area contributed by atoms with Crippen LogP contribution in [0.3, 0.4) is 0 Å². The van der Waals surface area contributed by atoms with Gasteiger partial charge in [0, 0.05) is 6.42 Å². The molecule has 1 rings (SSSR count). The Morgan fingerprint density at radius 1 is 1.67 bits per heavy atom. The highest BCUT2D eigenvalue weighted by Crippen LogP contribution is 2.19. The summed E-state index contributed by atoms with van der Waals surface area (Å²) < 4.78 is 4.87. The molecule has 1 aliphatic rings. The molecule has 1 saturated heterocycles. The van der Waals surface area contributed by atoms with E-state index in [1.807, 2.05) is 6.92 Å². The van der Waals surface area contributed by atoms with E-state index in [0.717, 1.165) is 13.1 Å². The topological polar surface area (TPSA) is 38.3 Å². The minimum atomic E-state index is -0.0584. The average Bonchev–Trinajstić information content (AvgIpc) is 1.82. The van der Waals surface area contributed by atoms with Crippen LogP contribution < -0.4 is 5.32 Å². The summed E-state index contributed by atoms with van der Waals surface area (Å²) in [6.45, 7) is 6.56. The first-order valence-corrected chi connectivity index (χ1v) is 4.60. The predicted octanol–water partition coefficient (Wildman–Crippen LogP) is 0.795. The number of nitrogens with one attached hydrogen (secondary N) is 1. The molecule has 1 N–H and O–H groups in total. The van der Waals surface area contributed by atoms with E-state index < -0.39 is 0 Å². The zero-order valence-corrected chi connectivity index (χ0v) is 7.80. The van der Waals surface area contributed by atoms with Crippen molar-refractivity contribution < 1.29 is 9.53 Å². The fraction of sp³-hybridized carbons (Fsp3) is 0.889. The third-order valence-electron chi connectivity index (χ3n) is 2.41. The molecular formula is C9H17NO2. The molecule has 12 heavy (non-hydrogen) atoms. The summed E-state index contributed by atoms with van der Waals surface area (Å²) in [4.78, 5) is 11.1. The van der Waals surface area contributed by atoms with E-state index in [1.54, 1.807) is 0 Å². The van der Waals surface area contributed by atoms with Crippen LogP contribution in [0, 0.1) is 11.8 Å². The van der Waals surface area contributed by atoms with Gasteiger partial charge >= 0.3 is 5.97 Å². The summed E-state index contributed by atoms with van der Waals surface area (Å²) in [6, 6.07) is 0. The molecule has 3 nitrogen and oxygen atoms in total. The van der Waals surface area contributed by atoms with E-state index in [0.29, 0.717) is 24.9 Å². The Bertz CT molecular complexity index is 155. The van der Waals surface area contributed by atoms with E-state index in [9.17, 15) is 4.79 Å². The molecule has 1 atom stereocenters. The number of hydrogen-bond acceptors (Lipinski definition) is 3. The zero-order valence-electron chi connectivity index (χ0n) is 7.80. The molecule has 0 radical (unpaired) electrons. The lowest BCUT2D eigenvalue weighted by molar-refractivity contribution is -0.144. The van der Waals surface area contributed by atoms with E-state index >= 15 is 0 Å². The molecule has 70 valence electrons. The van der Waals surface area contributed by atoms with Crippen molar-refractivity contribution in [1.29, 1.82) is 0 Å². The number of rotatable bonds is 4. The molecule has 0 spiro atoms. The summed E-state index contributed by atoms with van der Waals surface area (Å²) in [7, 11) is 0. The number of ether oxygens (including phenoxy) is 1. The van der Waals surface area contributed by atoms with E-state index in [1.165, 1.54) is 0 Å². The van der Waals surface area contributed by atoms with Crippen LogP contribution in [0.15, 0.2) is 0 Å². The third-order valence-corrected chi connectivity index (χ3v) is 2.41. The lowest BCUT2D eigenvalue weighted by Gasteiger charge is -2.32. The molecule has 0 aromatic heterocycles. The lowest BCUT2D eigenvalue weighted by atomic mass is 9.87. The Kier molecular flexibility index (Phi) is 3.53. The third kappa shape index (κ3) is 2.48. The largest absolute Gasteiger partial charge is 0.466 e. The van der Waals surface area contributed by atoms with Crippen LogP contribution in [0.2, 0.25) is 0 Å². The Morgan fingerprint density at radius 2 is 2.33 bits per heavy atom. The van der Waals surface area contributed by atoms with Gasteiger partial charge in [-0.2, -0.15) is 0 Å². The van der Waals surface area contributed by atoms with Crippen LogP contribution in [0.25, 0.3) is 0 Å². The van der Waals surface area contributed by atoms with Gasteiger partial charge in [0.25, 0.3) is 0 Å². The zero-order chi connectivity index (χ0) is 8.97. The smallest absolute Gasteiger partial charge is 0.306 e. The molecule has 0 aromatic carbocycles. The minimum absolute atomic E-state index is 0.0584. The minimum Gasteiger partial charge on any atom is -0.466 e. The monoisotopic (exact) mass is 171 g/mol. The standard InChI is InChI=1S/C9H17NO2/c1-3-12-9(11)4-7(2)8-5-10-6-8/h7-8,10H,3-6H2,1-2H3. The second-order valence-electron chi connectivity index (χ2n) is 3.40. The number of hydrogen-bond donors (Lipinski definition) is 1. The first-order valence-electron chi connectivity index (χ1n) is 4.60. The van der Waals surface area contributed by atoms with Gasteiger partial charge in [-0.3, -0.25) is 4.79 Å². The van der Waals surface area contributed by atoms with E-state index in [4.69, 9.17) is 4.74 Å². The van der Waals surface area contributed by atoms with Gasteiger partial charge in [0.2, 0.25) is 0 Å². The Labute approximate surface area is 73.5 Å². The van der Waals surface area contributed by atoms with Gasteiger partial charge in [0.1, 0.15) is 0 Å². The molecule has 0 aliphatic carbocycles. The van der Waals surface area contributed by atoms with Gasteiger partial charge in [-0.25, -0.2) is 0 Å². The van der Waals surface area contributed by atoms with E-state index in [2.05, 4.69) is 12.2 Å². The van der Waals surface area contributed by atoms with Gasteiger partial charge in [-0.15, -0.1) is 0 Å². The highest BCUT2D eigenvalue weighted by molar-refractivity contribution is 5.69. The first-order chi connectivity index (χ1) is 5.74. The summed E-state index contributed by atoms with van der Waals surface area (Å²) in [6.07, 6.45) is 0.570. The maximum atomic E-state index is 11.1. The molecule has 3 heteroatoms. The van der Waals surface area contributed by atoms with Crippen LogP contribution in [0.4, 0.5) is 0 Å². The molecule has 0 amide bonds. The van der Waals surface area contributed by atoms with Crippen molar-refractivity contribution in [2.24, 2.45) is 11.8 Å². The lowest BCUT2D eigenvalue weighted by Crippen LogP contribution is -2.45. The summed E-state index contributed by atoms with van der Waals surface area (Å²) in [5.74, 6) is 1.08. The highest BCUT2D eigenvalue weighted by Gasteiger charge is 2.25. The fourth-order valence-electron chi connectivity index (χ4n) is 1.36. The maximum absolute atomic E-state index is 11.1. The van der Waals surface area contributed by atoms with Crippen molar-refractivity contribution in [3.8, 4) is 0 Å². The van der Waals surface area contributed by atoms with Gasteiger partial charge in [0.05, 0.1) is 6.61 Å². The molecule has 1 fully saturated rings. The van der Waals surface area contributed by atoms with Gasteiger partial charge in [0.15, 0.2) is 0 Å². The average molecular weight is 171 g/mol. The first kappa shape index (κ1) is 9.52. The Morgan fingerprint density at radius 3 is 2.75 bits per heavy atom. The van der Waals surface area contributed by atoms with Gasteiger partial charge < -0.3 is 10.1 Å². The van der Waals surface area contributed by atoms with Crippen LogP contribution >= 0.6 is 0 Å². The van der Waals surface area contributed by atoms with Crippen molar-refractivity contribution in [1.82, 2.24) is 5.32 Å². The molecule has 0 bridgehead atoms. The summed E-state index contributed by atoms with van der Waals surface area (Å²) >= 11 is 0. The van der Waals surface area contributed by atoms with Crippen LogP contribution in [0.1, 0.15) is 20.3 Å². The molecule has 1 aliphatic heterocycles. The van der Waals surface area contributed by atoms with Gasteiger partial charge in [-0.05, 0) is 31.8 Å². The SMILES string of the molecule is CCOC(=O)CC(C)C1CNC1. The quantitative estimate of drug-likeness (QED) is 0.636. The van der Waals surface area contributed by atoms with Crippen molar-refractivity contribution in [3.63, 3.8) is 0 Å². The second kappa shape index (κ2) is 4.45. The summed E-state index contributed by atoms with van der Waals surface area (Å²) in [5.41, 5.74) is 0. The van der Waals surface area contributed by atoms with Crippen molar-refractivity contribution in [3.05, 3.63) is 0 Å². The second-order valence-corrected chi connectivity index (χ2v) is 3.40. The molecule has 0 aromatic rings. The van der Waals surface area contributed by atoms with Crippen molar-refractivity contribution in [2.45, 2.75) is 20.3 Å². The van der Waals surface area contributed by atoms with Crippen molar-refractivity contribution >= 4 is 5.97 Å². The highest BCUT2D eigenvalue weighted by atomic mass is 16.5. The number of esters is 1. The van der Waals surface area contributed by atoms with Gasteiger partial charge in [-0.1, -0.05) is 6.92 Å². The molecule has 1 heterocycles. The van der Waals surface area contributed by atoms with Crippen molar-refractivity contribution in [2.75, 3.05) is 19.7 Å².